The molecular formula is C6H8N2O3. The second-order valence-electron chi connectivity index (χ2n) is 2.31. The van der Waals surface area contributed by atoms with Crippen LogP contribution in [0.3, 0.4) is 0 Å². The third-order valence-corrected chi connectivity index (χ3v) is 1.60. The minimum absolute atomic E-state index is 0.447. The van der Waals surface area contributed by atoms with E-state index in [0.717, 1.165) is 0 Å². The van der Waals surface area contributed by atoms with Gasteiger partial charge in [-0.1, -0.05) is 0 Å². The van der Waals surface area contributed by atoms with Gasteiger partial charge in [0, 0.05) is 7.05 Å². The Morgan fingerprint density at radius 1 is 1.73 bits per heavy atom. The Balaban J connectivity index is 2.89. The van der Waals surface area contributed by atoms with Crippen LogP contribution in [0.15, 0.2) is 4.99 Å². The fourth-order valence-corrected chi connectivity index (χ4v) is 0.832. The number of likely N-dealkylation sites (N-methyl/N-ethyl adjacent to an activating group) is 1. The average molecular weight is 156 g/mol. The molecule has 1 atom stereocenters. The normalized spacial score (nSPS) is 23.8. The summed E-state index contributed by atoms with van der Waals surface area (Å²) in [5, 5.41) is 8.46. The SMILES string of the molecule is CC1=NC(C(=O)O)C(=O)N1C. The third kappa shape index (κ3) is 1.09. The van der Waals surface area contributed by atoms with E-state index >= 15 is 0 Å². The Labute approximate surface area is 63.3 Å². The van der Waals surface area contributed by atoms with Crippen molar-refractivity contribution in [2.75, 3.05) is 7.05 Å². The van der Waals surface area contributed by atoms with Crippen LogP contribution in [0, 0.1) is 0 Å². The number of carbonyl (C=O) groups excluding carboxylic acids is 1. The number of rotatable bonds is 1. The van der Waals surface area contributed by atoms with Crippen LogP contribution in [0.25, 0.3) is 0 Å². The molecule has 1 aliphatic rings. The molecule has 1 amide bonds. The quantitative estimate of drug-likeness (QED) is 0.512. The number of amidine groups is 1. The zero-order chi connectivity index (χ0) is 8.59. The van der Waals surface area contributed by atoms with Gasteiger partial charge >= 0.3 is 5.97 Å². The molecule has 60 valence electrons. The first-order valence-corrected chi connectivity index (χ1v) is 3.09. The number of carboxylic acids is 1. The molecule has 0 bridgehead atoms. The van der Waals surface area contributed by atoms with Crippen LogP contribution in [-0.4, -0.2) is 40.8 Å². The standard InChI is InChI=1S/C6H8N2O3/c1-3-7-4(6(10)11)5(9)8(3)2/h4H,1-2H3,(H,10,11). The van der Waals surface area contributed by atoms with Crippen LogP contribution >= 0.6 is 0 Å². The summed E-state index contributed by atoms with van der Waals surface area (Å²) in [4.78, 5) is 26.2. The highest BCUT2D eigenvalue weighted by Gasteiger charge is 2.34. The predicted octanol–water partition coefficient (Wildman–Crippen LogP) is -0.670. The van der Waals surface area contributed by atoms with E-state index in [0.29, 0.717) is 5.84 Å². The molecule has 0 aliphatic carbocycles. The minimum atomic E-state index is -1.22. The second kappa shape index (κ2) is 2.34. The van der Waals surface area contributed by atoms with Crippen molar-refractivity contribution < 1.29 is 14.7 Å². The van der Waals surface area contributed by atoms with Gasteiger partial charge in [0.15, 0.2) is 0 Å². The third-order valence-electron chi connectivity index (χ3n) is 1.60. The molecule has 1 rings (SSSR count). The summed E-state index contributed by atoms with van der Waals surface area (Å²) < 4.78 is 0. The summed E-state index contributed by atoms with van der Waals surface area (Å²) in [7, 11) is 1.50. The zero-order valence-corrected chi connectivity index (χ0v) is 6.24. The molecule has 1 aliphatic heterocycles. The fourth-order valence-electron chi connectivity index (χ4n) is 0.832. The largest absolute Gasteiger partial charge is 0.479 e. The van der Waals surface area contributed by atoms with E-state index in [2.05, 4.69) is 4.99 Å². The molecule has 0 radical (unpaired) electrons. The number of aliphatic carboxylic acids is 1. The van der Waals surface area contributed by atoms with E-state index in [1.807, 2.05) is 0 Å². The highest BCUT2D eigenvalue weighted by Crippen LogP contribution is 2.08. The van der Waals surface area contributed by atoms with Gasteiger partial charge in [0.25, 0.3) is 5.91 Å². The number of amides is 1. The van der Waals surface area contributed by atoms with Gasteiger partial charge in [0.2, 0.25) is 6.04 Å². The molecule has 0 aromatic rings. The van der Waals surface area contributed by atoms with E-state index in [4.69, 9.17) is 5.11 Å². The van der Waals surface area contributed by atoms with E-state index < -0.39 is 17.9 Å². The number of nitrogens with zero attached hydrogens (tertiary/aromatic N) is 2. The van der Waals surface area contributed by atoms with E-state index in [-0.39, 0.29) is 0 Å². The molecular weight excluding hydrogens is 148 g/mol. The van der Waals surface area contributed by atoms with Crippen molar-refractivity contribution in [2.45, 2.75) is 13.0 Å². The van der Waals surface area contributed by atoms with Crippen molar-refractivity contribution in [1.29, 1.82) is 0 Å². The lowest BCUT2D eigenvalue weighted by Gasteiger charge is -2.07. The van der Waals surface area contributed by atoms with Gasteiger partial charge in [-0.05, 0) is 6.92 Å². The molecule has 5 nitrogen and oxygen atoms in total. The highest BCUT2D eigenvalue weighted by atomic mass is 16.4. The highest BCUT2D eigenvalue weighted by molar-refractivity contribution is 6.13. The van der Waals surface area contributed by atoms with E-state index in [1.54, 1.807) is 6.92 Å². The van der Waals surface area contributed by atoms with Crippen molar-refractivity contribution >= 4 is 17.7 Å². The number of carbonyl (C=O) groups is 2. The molecule has 1 heterocycles. The number of carboxylic acid groups (broad SMARTS) is 1. The topological polar surface area (TPSA) is 70.0 Å². The average Bonchev–Trinajstić information content (AvgIpc) is 2.17. The minimum Gasteiger partial charge on any atom is -0.479 e. The lowest BCUT2D eigenvalue weighted by molar-refractivity contribution is -0.143. The Kier molecular flexibility index (Phi) is 1.64. The van der Waals surface area contributed by atoms with Gasteiger partial charge in [0.05, 0.1) is 0 Å². The summed E-state index contributed by atoms with van der Waals surface area (Å²) in [5.74, 6) is -1.23. The fraction of sp³-hybridized carbons (Fsp3) is 0.500. The van der Waals surface area contributed by atoms with Crippen LogP contribution in [0.4, 0.5) is 0 Å². The molecule has 0 fully saturated rings. The Morgan fingerprint density at radius 3 is 2.45 bits per heavy atom. The first-order chi connectivity index (χ1) is 5.04. The summed E-state index contributed by atoms with van der Waals surface area (Å²) in [6.07, 6.45) is 0. The lowest BCUT2D eigenvalue weighted by atomic mass is 10.3. The molecule has 0 spiro atoms. The zero-order valence-electron chi connectivity index (χ0n) is 6.24. The number of hydrogen-bond acceptors (Lipinski definition) is 3. The van der Waals surface area contributed by atoms with Gasteiger partial charge in [0.1, 0.15) is 5.84 Å². The van der Waals surface area contributed by atoms with Crippen LogP contribution in [0.2, 0.25) is 0 Å². The van der Waals surface area contributed by atoms with Crippen molar-refractivity contribution in [3.05, 3.63) is 0 Å². The molecule has 0 aromatic carbocycles. The molecule has 0 saturated heterocycles. The van der Waals surface area contributed by atoms with Crippen LogP contribution < -0.4 is 0 Å². The van der Waals surface area contributed by atoms with E-state index in [9.17, 15) is 9.59 Å². The first-order valence-electron chi connectivity index (χ1n) is 3.09. The van der Waals surface area contributed by atoms with Gasteiger partial charge in [-0.2, -0.15) is 0 Å². The number of aliphatic imine (C=N–C) groups is 1. The Morgan fingerprint density at radius 2 is 2.27 bits per heavy atom. The smallest absolute Gasteiger partial charge is 0.338 e. The van der Waals surface area contributed by atoms with Crippen LogP contribution in [-0.2, 0) is 9.59 Å². The molecule has 11 heavy (non-hydrogen) atoms. The lowest BCUT2D eigenvalue weighted by Crippen LogP contribution is -2.34. The molecule has 0 aromatic heterocycles. The Hall–Kier alpha value is -1.39. The molecule has 1 unspecified atom stereocenters. The first kappa shape index (κ1) is 7.71. The summed E-state index contributed by atoms with van der Waals surface area (Å²) >= 11 is 0. The van der Waals surface area contributed by atoms with Gasteiger partial charge in [-0.25, -0.2) is 9.79 Å². The van der Waals surface area contributed by atoms with Crippen molar-refractivity contribution in [2.24, 2.45) is 4.99 Å². The summed E-state index contributed by atoms with van der Waals surface area (Å²) in [6.45, 7) is 1.60. The maximum Gasteiger partial charge on any atom is 0.338 e. The Bertz CT molecular complexity index is 246. The van der Waals surface area contributed by atoms with Gasteiger partial charge < -0.3 is 10.0 Å². The molecule has 5 heteroatoms. The van der Waals surface area contributed by atoms with Crippen molar-refractivity contribution in [3.63, 3.8) is 0 Å². The van der Waals surface area contributed by atoms with E-state index in [1.165, 1.54) is 11.9 Å². The molecule has 1 N–H and O–H groups in total. The summed E-state index contributed by atoms with van der Waals surface area (Å²) in [6, 6.07) is -1.22. The van der Waals surface area contributed by atoms with Crippen LogP contribution in [0.1, 0.15) is 6.92 Å². The maximum atomic E-state index is 11.0. The van der Waals surface area contributed by atoms with Gasteiger partial charge in [-0.3, -0.25) is 4.79 Å². The predicted molar refractivity (Wildman–Crippen MR) is 37.3 cm³/mol. The van der Waals surface area contributed by atoms with Crippen LogP contribution in [0.5, 0.6) is 0 Å². The second-order valence-corrected chi connectivity index (χ2v) is 2.31. The monoisotopic (exact) mass is 156 g/mol. The van der Waals surface area contributed by atoms with Gasteiger partial charge in [-0.15, -0.1) is 0 Å². The number of hydrogen-bond donors (Lipinski definition) is 1. The van der Waals surface area contributed by atoms with Crippen molar-refractivity contribution in [1.82, 2.24) is 4.90 Å². The summed E-state index contributed by atoms with van der Waals surface area (Å²) in [5.41, 5.74) is 0. The molecule has 0 saturated carbocycles. The maximum absolute atomic E-state index is 11.0. The van der Waals surface area contributed by atoms with Crippen molar-refractivity contribution in [3.8, 4) is 0 Å².